The molecule has 1 N–H and O–H groups in total. The van der Waals surface area contributed by atoms with E-state index in [-0.39, 0.29) is 23.4 Å². The number of pyridine rings is 1. The molecule has 3 aromatic rings. The Labute approximate surface area is 206 Å². The predicted molar refractivity (Wildman–Crippen MR) is 139 cm³/mol. The van der Waals surface area contributed by atoms with Crippen molar-refractivity contribution in [3.8, 4) is 11.1 Å². The number of rotatable bonds is 7. The van der Waals surface area contributed by atoms with Crippen molar-refractivity contribution in [1.29, 1.82) is 0 Å². The number of benzene rings is 2. The van der Waals surface area contributed by atoms with Crippen molar-refractivity contribution in [2.75, 3.05) is 12.0 Å². The zero-order valence-electron chi connectivity index (χ0n) is 21.3. The van der Waals surface area contributed by atoms with Crippen LogP contribution in [0.4, 0.5) is 0 Å². The van der Waals surface area contributed by atoms with Crippen LogP contribution in [0, 0.1) is 13.8 Å². The number of sulfone groups is 1. The van der Waals surface area contributed by atoms with E-state index < -0.39 is 27.5 Å². The maximum atomic E-state index is 13.5. The predicted octanol–water partition coefficient (Wildman–Crippen LogP) is 4.35. The van der Waals surface area contributed by atoms with Gasteiger partial charge in [-0.25, -0.2) is 13.2 Å². The Morgan fingerprint density at radius 1 is 1.06 bits per heavy atom. The fraction of sp³-hybridized carbons (Fsp3) is 0.407. The molecular weight excluding hydrogens is 466 g/mol. The maximum Gasteiger partial charge on any atom is 0.339 e. The Balaban J connectivity index is 2.41. The molecule has 0 aliphatic heterocycles. The molecule has 0 radical (unpaired) electrons. The molecule has 1 aromatic heterocycles. The Kier molecular flexibility index (Phi) is 7.29. The second-order valence-corrected chi connectivity index (χ2v) is 12.4. The van der Waals surface area contributed by atoms with Crippen LogP contribution < -0.4 is 5.56 Å². The number of aliphatic carboxylic acids is 1. The van der Waals surface area contributed by atoms with E-state index in [1.807, 2.05) is 32.0 Å². The molecule has 0 saturated heterocycles. The average molecular weight is 500 g/mol. The highest BCUT2D eigenvalue weighted by Crippen LogP contribution is 2.37. The Hall–Kier alpha value is -2.97. The average Bonchev–Trinajstić information content (AvgIpc) is 2.74. The molecule has 0 aliphatic rings. The second-order valence-electron chi connectivity index (χ2n) is 10.1. The molecule has 3 rings (SSSR count). The summed E-state index contributed by atoms with van der Waals surface area (Å²) in [5.41, 5.74) is 3.35. The van der Waals surface area contributed by atoms with E-state index in [1.54, 1.807) is 46.0 Å². The van der Waals surface area contributed by atoms with E-state index in [4.69, 9.17) is 4.74 Å². The number of hydrogen-bond acceptors (Lipinski definition) is 5. The van der Waals surface area contributed by atoms with E-state index in [0.717, 1.165) is 22.3 Å². The Morgan fingerprint density at radius 3 is 2.26 bits per heavy atom. The number of carboxylic acids is 1. The third-order valence-electron chi connectivity index (χ3n) is 6.01. The maximum absolute atomic E-state index is 13.5. The molecule has 0 fully saturated rings. The Bertz CT molecular complexity index is 1460. The van der Waals surface area contributed by atoms with Crippen molar-refractivity contribution >= 4 is 26.6 Å². The van der Waals surface area contributed by atoms with Gasteiger partial charge in [0.25, 0.3) is 5.56 Å². The molecule has 1 heterocycles. The van der Waals surface area contributed by atoms with Crippen molar-refractivity contribution in [3.63, 3.8) is 0 Å². The minimum Gasteiger partial charge on any atom is -0.479 e. The second kappa shape index (κ2) is 9.59. The number of nitrogens with zero attached hydrogens (tertiary/aromatic N) is 1. The fourth-order valence-electron chi connectivity index (χ4n) is 4.12. The highest BCUT2D eigenvalue weighted by Gasteiger charge is 2.33. The zero-order chi connectivity index (χ0) is 26.3. The summed E-state index contributed by atoms with van der Waals surface area (Å²) < 4.78 is 30.6. The molecular formula is C27H33NO6S. The first-order valence-corrected chi connectivity index (χ1v) is 13.5. The van der Waals surface area contributed by atoms with Crippen molar-refractivity contribution in [2.24, 2.45) is 7.05 Å². The van der Waals surface area contributed by atoms with Crippen molar-refractivity contribution in [1.82, 2.24) is 4.57 Å². The fourth-order valence-corrected chi connectivity index (χ4v) is 4.73. The first-order chi connectivity index (χ1) is 16.1. The van der Waals surface area contributed by atoms with E-state index in [1.165, 1.54) is 10.8 Å². The van der Waals surface area contributed by atoms with Gasteiger partial charge in [-0.15, -0.1) is 0 Å². The third-order valence-corrected chi connectivity index (χ3v) is 6.95. The van der Waals surface area contributed by atoms with Gasteiger partial charge in [0.15, 0.2) is 6.10 Å². The zero-order valence-corrected chi connectivity index (χ0v) is 22.1. The van der Waals surface area contributed by atoms with E-state index in [2.05, 4.69) is 0 Å². The van der Waals surface area contributed by atoms with Gasteiger partial charge in [-0.05, 0) is 74.7 Å². The standard InChI is InChI=1S/C27H33NO6S/c1-16-8-10-19(14-17(16)2)22-20-11-9-18(12-13-35(7,32)33)15-21(20)25(29)28(6)23(22)24(26(30)31)34-27(3,4)5/h8-11,14-15,24H,12-13H2,1-7H3,(H,30,31). The minimum atomic E-state index is -3.16. The van der Waals surface area contributed by atoms with E-state index in [0.29, 0.717) is 16.3 Å². The molecule has 1 atom stereocenters. The van der Waals surface area contributed by atoms with Crippen LogP contribution in [0.3, 0.4) is 0 Å². The summed E-state index contributed by atoms with van der Waals surface area (Å²) in [4.78, 5) is 25.9. The summed E-state index contributed by atoms with van der Waals surface area (Å²) in [6, 6.07) is 11.1. The van der Waals surface area contributed by atoms with Crippen LogP contribution in [0.2, 0.25) is 0 Å². The van der Waals surface area contributed by atoms with E-state index in [9.17, 15) is 23.1 Å². The molecule has 0 aliphatic carbocycles. The van der Waals surface area contributed by atoms with Gasteiger partial charge in [0.05, 0.1) is 17.0 Å². The van der Waals surface area contributed by atoms with Gasteiger partial charge >= 0.3 is 5.97 Å². The molecule has 188 valence electrons. The molecule has 0 bridgehead atoms. The number of carboxylic acid groups (broad SMARTS) is 1. The number of hydrogen-bond donors (Lipinski definition) is 1. The molecule has 2 aromatic carbocycles. The number of aromatic nitrogens is 1. The number of fused-ring (bicyclic) bond motifs is 1. The molecule has 7 nitrogen and oxygen atoms in total. The van der Waals surface area contributed by atoms with E-state index >= 15 is 0 Å². The van der Waals surface area contributed by atoms with Gasteiger partial charge < -0.3 is 14.4 Å². The lowest BCUT2D eigenvalue weighted by atomic mass is 9.91. The van der Waals surface area contributed by atoms with Gasteiger partial charge in [0.1, 0.15) is 9.84 Å². The molecule has 8 heteroatoms. The number of carbonyl (C=O) groups is 1. The van der Waals surface area contributed by atoms with Gasteiger partial charge in [-0.3, -0.25) is 4.79 Å². The first-order valence-electron chi connectivity index (χ1n) is 11.4. The third kappa shape index (κ3) is 6.00. The molecule has 35 heavy (non-hydrogen) atoms. The van der Waals surface area contributed by atoms with Crippen LogP contribution in [-0.4, -0.2) is 41.7 Å². The monoisotopic (exact) mass is 499 g/mol. The molecule has 0 spiro atoms. The quantitative estimate of drug-likeness (QED) is 0.518. The van der Waals surface area contributed by atoms with Crippen LogP contribution in [0.15, 0.2) is 41.2 Å². The first kappa shape index (κ1) is 26.6. The van der Waals surface area contributed by atoms with Crippen LogP contribution in [0.5, 0.6) is 0 Å². The van der Waals surface area contributed by atoms with Gasteiger partial charge in [-0.2, -0.15) is 0 Å². The van der Waals surface area contributed by atoms with Crippen LogP contribution in [0.25, 0.3) is 21.9 Å². The largest absolute Gasteiger partial charge is 0.479 e. The normalized spacial score (nSPS) is 13.2. The summed E-state index contributed by atoms with van der Waals surface area (Å²) in [6.07, 6.45) is 0.0840. The molecule has 0 amide bonds. The van der Waals surface area contributed by atoms with Crippen molar-refractivity contribution < 1.29 is 23.1 Å². The smallest absolute Gasteiger partial charge is 0.339 e. The lowest BCUT2D eigenvalue weighted by Crippen LogP contribution is -2.33. The van der Waals surface area contributed by atoms with Gasteiger partial charge in [-0.1, -0.05) is 30.3 Å². The van der Waals surface area contributed by atoms with Gasteiger partial charge in [0, 0.05) is 24.3 Å². The van der Waals surface area contributed by atoms with Crippen LogP contribution in [0.1, 0.15) is 49.3 Å². The van der Waals surface area contributed by atoms with Crippen molar-refractivity contribution in [2.45, 2.75) is 52.7 Å². The summed E-state index contributed by atoms with van der Waals surface area (Å²) in [6.45, 7) is 9.28. The van der Waals surface area contributed by atoms with Gasteiger partial charge in [0.2, 0.25) is 0 Å². The number of aryl methyl sites for hydroxylation is 3. The molecule has 0 saturated carbocycles. The summed E-state index contributed by atoms with van der Waals surface area (Å²) >= 11 is 0. The topological polar surface area (TPSA) is 103 Å². The van der Waals surface area contributed by atoms with Crippen LogP contribution >= 0.6 is 0 Å². The minimum absolute atomic E-state index is 0.0264. The Morgan fingerprint density at radius 2 is 1.71 bits per heavy atom. The summed E-state index contributed by atoms with van der Waals surface area (Å²) in [7, 11) is -1.62. The molecule has 1 unspecified atom stereocenters. The SMILES string of the molecule is Cc1ccc(-c2c(C(OC(C)(C)C)C(=O)O)n(C)c(=O)c3cc(CCS(C)(=O)=O)ccc23)cc1C. The lowest BCUT2D eigenvalue weighted by molar-refractivity contribution is -0.161. The highest BCUT2D eigenvalue weighted by atomic mass is 32.2. The number of ether oxygens (including phenoxy) is 1. The highest BCUT2D eigenvalue weighted by molar-refractivity contribution is 7.90. The van der Waals surface area contributed by atoms with Crippen LogP contribution in [-0.2, 0) is 32.8 Å². The summed E-state index contributed by atoms with van der Waals surface area (Å²) in [5, 5.41) is 11.1. The van der Waals surface area contributed by atoms with Crippen molar-refractivity contribution in [3.05, 3.63) is 69.1 Å². The lowest BCUT2D eigenvalue weighted by Gasteiger charge is -2.28. The summed E-state index contributed by atoms with van der Waals surface area (Å²) in [5.74, 6) is -1.22.